The summed E-state index contributed by atoms with van der Waals surface area (Å²) in [4.78, 5) is 4.35. The van der Waals surface area contributed by atoms with Crippen LogP contribution in [0.2, 0.25) is 0 Å². The average molecular weight is 269 g/mol. The van der Waals surface area contributed by atoms with Gasteiger partial charge in [-0.05, 0) is 48.9 Å². The number of hydrogen-bond acceptors (Lipinski definition) is 3. The minimum absolute atomic E-state index is 0.538. The Bertz CT molecular complexity index is 608. The van der Waals surface area contributed by atoms with Gasteiger partial charge in [-0.25, -0.2) is 0 Å². The Hall–Kier alpha value is -1.77. The Morgan fingerprint density at radius 3 is 2.90 bits per heavy atom. The van der Waals surface area contributed by atoms with Gasteiger partial charge in [0.25, 0.3) is 0 Å². The number of nitrogen functional groups attached to an aromatic ring is 1. The highest BCUT2D eigenvalue weighted by Crippen LogP contribution is 2.37. The Balaban J connectivity index is 1.86. The molecular formula is C17H23N3. The molecule has 0 aliphatic heterocycles. The molecule has 1 aliphatic carbocycles. The van der Waals surface area contributed by atoms with Gasteiger partial charge in [0.15, 0.2) is 0 Å². The van der Waals surface area contributed by atoms with Gasteiger partial charge in [0.05, 0.1) is 16.9 Å². The smallest absolute Gasteiger partial charge is 0.0724 e. The second kappa shape index (κ2) is 5.31. The van der Waals surface area contributed by atoms with Gasteiger partial charge in [-0.1, -0.05) is 20.3 Å². The standard InChI is InChI=1S/C17H23N3/c1-3-12-6-7-14(11(12)2)20-16-9-8-15-13(17(16)18)5-4-10-19-15/h4-5,8-12,14,20H,3,6-7,18H2,1-2H3. The molecule has 0 radical (unpaired) electrons. The molecule has 1 aromatic heterocycles. The van der Waals surface area contributed by atoms with Crippen LogP contribution < -0.4 is 11.1 Å². The first kappa shape index (κ1) is 13.2. The molecule has 2 aromatic rings. The zero-order valence-corrected chi connectivity index (χ0v) is 12.3. The van der Waals surface area contributed by atoms with E-state index in [2.05, 4.69) is 30.2 Å². The van der Waals surface area contributed by atoms with E-state index < -0.39 is 0 Å². The van der Waals surface area contributed by atoms with Crippen LogP contribution in [-0.2, 0) is 0 Å². The Labute approximate surface area is 120 Å². The first-order chi connectivity index (χ1) is 9.70. The molecule has 0 bridgehead atoms. The van der Waals surface area contributed by atoms with E-state index in [0.717, 1.165) is 28.2 Å². The van der Waals surface area contributed by atoms with Gasteiger partial charge >= 0.3 is 0 Å². The largest absolute Gasteiger partial charge is 0.397 e. The molecule has 106 valence electrons. The average Bonchev–Trinajstić information content (AvgIpc) is 2.83. The maximum absolute atomic E-state index is 6.31. The Morgan fingerprint density at radius 1 is 1.30 bits per heavy atom. The zero-order valence-electron chi connectivity index (χ0n) is 12.3. The molecule has 3 N–H and O–H groups in total. The third-order valence-corrected chi connectivity index (χ3v) is 4.92. The third-order valence-electron chi connectivity index (χ3n) is 4.92. The van der Waals surface area contributed by atoms with Gasteiger partial charge in [-0.2, -0.15) is 0 Å². The Morgan fingerprint density at radius 2 is 2.15 bits per heavy atom. The highest BCUT2D eigenvalue weighted by atomic mass is 15.0. The van der Waals surface area contributed by atoms with Crippen LogP contribution in [0.4, 0.5) is 11.4 Å². The van der Waals surface area contributed by atoms with E-state index in [1.54, 1.807) is 6.20 Å². The number of rotatable bonds is 3. The van der Waals surface area contributed by atoms with Crippen molar-refractivity contribution in [2.45, 2.75) is 39.2 Å². The number of nitrogens with zero attached hydrogens (tertiary/aromatic N) is 1. The van der Waals surface area contributed by atoms with E-state index >= 15 is 0 Å². The van der Waals surface area contributed by atoms with Gasteiger partial charge in [0.1, 0.15) is 0 Å². The number of pyridine rings is 1. The fourth-order valence-electron chi connectivity index (χ4n) is 3.53. The predicted octanol–water partition coefficient (Wildman–Crippen LogP) is 4.05. The van der Waals surface area contributed by atoms with Crippen molar-refractivity contribution in [1.82, 2.24) is 4.98 Å². The number of fused-ring (bicyclic) bond motifs is 1. The van der Waals surface area contributed by atoms with E-state index in [1.807, 2.05) is 18.2 Å². The molecule has 3 heteroatoms. The van der Waals surface area contributed by atoms with Crippen molar-refractivity contribution in [2.75, 3.05) is 11.1 Å². The van der Waals surface area contributed by atoms with E-state index in [4.69, 9.17) is 5.73 Å². The van der Waals surface area contributed by atoms with Gasteiger partial charge < -0.3 is 11.1 Å². The molecule has 3 atom stereocenters. The van der Waals surface area contributed by atoms with Crippen LogP contribution in [0, 0.1) is 11.8 Å². The lowest BCUT2D eigenvalue weighted by Crippen LogP contribution is -2.25. The van der Waals surface area contributed by atoms with Gasteiger partial charge in [-0.15, -0.1) is 0 Å². The van der Waals surface area contributed by atoms with E-state index in [9.17, 15) is 0 Å². The summed E-state index contributed by atoms with van der Waals surface area (Å²) >= 11 is 0. The lowest BCUT2D eigenvalue weighted by Gasteiger charge is -2.23. The van der Waals surface area contributed by atoms with Crippen molar-refractivity contribution < 1.29 is 0 Å². The molecule has 1 fully saturated rings. The number of nitrogens with one attached hydrogen (secondary N) is 1. The normalized spacial score (nSPS) is 26.0. The molecular weight excluding hydrogens is 246 g/mol. The molecule has 3 unspecified atom stereocenters. The van der Waals surface area contributed by atoms with Crippen molar-refractivity contribution in [2.24, 2.45) is 11.8 Å². The van der Waals surface area contributed by atoms with Crippen LogP contribution >= 0.6 is 0 Å². The molecule has 0 spiro atoms. The minimum atomic E-state index is 0.538. The monoisotopic (exact) mass is 269 g/mol. The number of hydrogen-bond donors (Lipinski definition) is 2. The maximum atomic E-state index is 6.31. The summed E-state index contributed by atoms with van der Waals surface area (Å²) in [5.41, 5.74) is 9.14. The van der Waals surface area contributed by atoms with Gasteiger partial charge in [0.2, 0.25) is 0 Å². The van der Waals surface area contributed by atoms with Crippen LogP contribution in [0.3, 0.4) is 0 Å². The molecule has 20 heavy (non-hydrogen) atoms. The first-order valence-corrected chi connectivity index (χ1v) is 7.60. The molecule has 1 aromatic carbocycles. The fourth-order valence-corrected chi connectivity index (χ4v) is 3.53. The lowest BCUT2D eigenvalue weighted by molar-refractivity contribution is 0.392. The van der Waals surface area contributed by atoms with Crippen molar-refractivity contribution in [1.29, 1.82) is 0 Å². The SMILES string of the molecule is CCC1CCC(Nc2ccc3ncccc3c2N)C1C. The van der Waals surface area contributed by atoms with Crippen molar-refractivity contribution >= 4 is 22.3 Å². The summed E-state index contributed by atoms with van der Waals surface area (Å²) in [7, 11) is 0. The Kier molecular flexibility index (Phi) is 3.51. The van der Waals surface area contributed by atoms with Crippen molar-refractivity contribution in [3.63, 3.8) is 0 Å². The molecule has 0 amide bonds. The molecule has 1 heterocycles. The van der Waals surface area contributed by atoms with E-state index in [0.29, 0.717) is 12.0 Å². The van der Waals surface area contributed by atoms with Crippen LogP contribution in [0.25, 0.3) is 10.9 Å². The van der Waals surface area contributed by atoms with E-state index in [-0.39, 0.29) is 0 Å². The van der Waals surface area contributed by atoms with Crippen LogP contribution in [0.15, 0.2) is 30.5 Å². The van der Waals surface area contributed by atoms with E-state index in [1.165, 1.54) is 19.3 Å². The second-order valence-corrected chi connectivity index (χ2v) is 5.95. The summed E-state index contributed by atoms with van der Waals surface area (Å²) in [6.45, 7) is 4.65. The number of benzene rings is 1. The fraction of sp³-hybridized carbons (Fsp3) is 0.471. The van der Waals surface area contributed by atoms with Crippen LogP contribution in [0.1, 0.15) is 33.1 Å². The predicted molar refractivity (Wildman–Crippen MR) is 85.7 cm³/mol. The summed E-state index contributed by atoms with van der Waals surface area (Å²) in [6, 6.07) is 8.63. The van der Waals surface area contributed by atoms with Crippen molar-refractivity contribution in [3.05, 3.63) is 30.5 Å². The summed E-state index contributed by atoms with van der Waals surface area (Å²) < 4.78 is 0. The van der Waals surface area contributed by atoms with Crippen molar-refractivity contribution in [3.8, 4) is 0 Å². The summed E-state index contributed by atoms with van der Waals surface area (Å²) in [5.74, 6) is 1.56. The number of aromatic nitrogens is 1. The topological polar surface area (TPSA) is 50.9 Å². The highest BCUT2D eigenvalue weighted by molar-refractivity contribution is 5.96. The molecule has 3 nitrogen and oxygen atoms in total. The molecule has 3 rings (SSSR count). The van der Waals surface area contributed by atoms with Gasteiger partial charge in [0, 0.05) is 17.6 Å². The quantitative estimate of drug-likeness (QED) is 0.826. The lowest BCUT2D eigenvalue weighted by atomic mass is 9.93. The second-order valence-electron chi connectivity index (χ2n) is 5.95. The number of nitrogens with two attached hydrogens (primary N) is 1. The first-order valence-electron chi connectivity index (χ1n) is 7.60. The molecule has 1 saturated carbocycles. The minimum Gasteiger partial charge on any atom is -0.397 e. The highest BCUT2D eigenvalue weighted by Gasteiger charge is 2.31. The summed E-state index contributed by atoms with van der Waals surface area (Å²) in [5, 5.41) is 4.70. The summed E-state index contributed by atoms with van der Waals surface area (Å²) in [6.07, 6.45) is 5.64. The van der Waals surface area contributed by atoms with Crippen LogP contribution in [-0.4, -0.2) is 11.0 Å². The van der Waals surface area contributed by atoms with Gasteiger partial charge in [-0.3, -0.25) is 4.98 Å². The zero-order chi connectivity index (χ0) is 14.1. The molecule has 0 saturated heterocycles. The third kappa shape index (κ3) is 2.21. The van der Waals surface area contributed by atoms with Crippen LogP contribution in [0.5, 0.6) is 0 Å². The molecule has 1 aliphatic rings. The number of anilines is 2. The maximum Gasteiger partial charge on any atom is 0.0724 e.